The lowest BCUT2D eigenvalue weighted by atomic mass is 10.0. The average molecular weight is 325 g/mol. The van der Waals surface area contributed by atoms with E-state index in [0.29, 0.717) is 18.7 Å². The molecular weight excluding hydrogens is 306 g/mol. The fraction of sp³-hybridized carbons (Fsp3) is 0.278. The summed E-state index contributed by atoms with van der Waals surface area (Å²) in [6.07, 6.45) is 4.22. The summed E-state index contributed by atoms with van der Waals surface area (Å²) in [5.74, 6) is 0.601. The second kappa shape index (κ2) is 7.12. The van der Waals surface area contributed by atoms with Gasteiger partial charge in [-0.15, -0.1) is 0 Å². The van der Waals surface area contributed by atoms with Crippen molar-refractivity contribution >= 4 is 12.0 Å². The quantitative estimate of drug-likeness (QED) is 0.938. The molecule has 0 bridgehead atoms. The number of carbonyl (C=O) groups excluding carboxylic acids is 2. The van der Waals surface area contributed by atoms with Crippen molar-refractivity contribution in [3.63, 3.8) is 0 Å². The van der Waals surface area contributed by atoms with Gasteiger partial charge in [-0.2, -0.15) is 0 Å². The minimum atomic E-state index is -0.511. The van der Waals surface area contributed by atoms with Gasteiger partial charge in [0, 0.05) is 32.4 Å². The fourth-order valence-corrected chi connectivity index (χ4v) is 2.91. The molecule has 124 valence electrons. The number of pyridine rings is 1. The van der Waals surface area contributed by atoms with Crippen LogP contribution in [-0.4, -0.2) is 28.9 Å². The molecule has 1 aliphatic rings. The van der Waals surface area contributed by atoms with Gasteiger partial charge in [-0.05, 0) is 41.8 Å². The Bertz CT molecular complexity index is 733. The summed E-state index contributed by atoms with van der Waals surface area (Å²) in [6.45, 7) is 0.548. The number of nitrogens with zero attached hydrogens (tertiary/aromatic N) is 2. The predicted octanol–water partition coefficient (Wildman–Crippen LogP) is 2.66. The molecule has 3 rings (SSSR count). The number of rotatable bonds is 4. The van der Waals surface area contributed by atoms with Crippen molar-refractivity contribution in [3.05, 3.63) is 59.9 Å². The summed E-state index contributed by atoms with van der Waals surface area (Å²) in [5.41, 5.74) is 2.01. The second-order valence-corrected chi connectivity index (χ2v) is 5.64. The fourth-order valence-electron chi connectivity index (χ4n) is 2.91. The largest absolute Gasteiger partial charge is 0.412 e. The van der Waals surface area contributed by atoms with Crippen LogP contribution < -0.4 is 10.1 Å². The summed E-state index contributed by atoms with van der Waals surface area (Å²) >= 11 is 0. The molecule has 1 saturated heterocycles. The Balaban J connectivity index is 1.80. The molecule has 0 spiro atoms. The molecule has 0 aliphatic carbocycles. The van der Waals surface area contributed by atoms with Gasteiger partial charge in [-0.1, -0.05) is 12.1 Å². The van der Waals surface area contributed by atoms with E-state index < -0.39 is 6.09 Å². The third kappa shape index (κ3) is 3.53. The lowest BCUT2D eigenvalue weighted by Gasteiger charge is -2.25. The van der Waals surface area contributed by atoms with Crippen LogP contribution in [0.15, 0.2) is 48.8 Å². The Morgan fingerprint density at radius 2 is 2.12 bits per heavy atom. The Labute approximate surface area is 140 Å². The van der Waals surface area contributed by atoms with Gasteiger partial charge in [0.15, 0.2) is 0 Å². The highest BCUT2D eigenvalue weighted by atomic mass is 16.5. The maximum Gasteiger partial charge on any atom is 0.412 e. The Hall–Kier alpha value is -2.89. The van der Waals surface area contributed by atoms with E-state index in [4.69, 9.17) is 4.74 Å². The lowest BCUT2D eigenvalue weighted by Crippen LogP contribution is -2.27. The summed E-state index contributed by atoms with van der Waals surface area (Å²) in [4.78, 5) is 29.5. The standard InChI is InChI=1S/C18H19N3O3/c1-19-18(23)24-15-4-2-3-14(11-15)16-5-6-17(22)21(16)12-13-7-9-20-10-8-13/h2-4,7-11,16H,5-6,12H2,1H3,(H,19,23). The number of likely N-dealkylation sites (tertiary alicyclic amines) is 1. The number of hydrogen-bond acceptors (Lipinski definition) is 4. The van der Waals surface area contributed by atoms with Gasteiger partial charge < -0.3 is 15.0 Å². The zero-order valence-electron chi connectivity index (χ0n) is 13.4. The highest BCUT2D eigenvalue weighted by molar-refractivity contribution is 5.79. The molecule has 1 unspecified atom stereocenters. The third-order valence-corrected chi connectivity index (χ3v) is 4.09. The molecule has 2 amide bonds. The van der Waals surface area contributed by atoms with Crippen molar-refractivity contribution < 1.29 is 14.3 Å². The van der Waals surface area contributed by atoms with E-state index in [1.54, 1.807) is 18.5 Å². The maximum absolute atomic E-state index is 12.3. The van der Waals surface area contributed by atoms with Gasteiger partial charge >= 0.3 is 6.09 Å². The number of amides is 2. The molecule has 2 heterocycles. The van der Waals surface area contributed by atoms with E-state index in [-0.39, 0.29) is 11.9 Å². The van der Waals surface area contributed by atoms with E-state index in [1.807, 2.05) is 35.2 Å². The first-order valence-electron chi connectivity index (χ1n) is 7.85. The topological polar surface area (TPSA) is 71.5 Å². The van der Waals surface area contributed by atoms with E-state index >= 15 is 0 Å². The van der Waals surface area contributed by atoms with E-state index in [0.717, 1.165) is 17.5 Å². The van der Waals surface area contributed by atoms with Crippen LogP contribution in [-0.2, 0) is 11.3 Å². The van der Waals surface area contributed by atoms with Gasteiger partial charge in [-0.25, -0.2) is 4.79 Å². The van der Waals surface area contributed by atoms with Crippen molar-refractivity contribution in [2.45, 2.75) is 25.4 Å². The number of ether oxygens (including phenoxy) is 1. The maximum atomic E-state index is 12.3. The van der Waals surface area contributed by atoms with Crippen LogP contribution in [0.5, 0.6) is 5.75 Å². The van der Waals surface area contributed by atoms with Crippen LogP contribution >= 0.6 is 0 Å². The van der Waals surface area contributed by atoms with Gasteiger partial charge in [-0.3, -0.25) is 9.78 Å². The predicted molar refractivity (Wildman–Crippen MR) is 88.3 cm³/mol. The molecule has 0 saturated carbocycles. The molecule has 1 aliphatic heterocycles. The summed E-state index contributed by atoms with van der Waals surface area (Å²) in [6, 6.07) is 11.1. The summed E-state index contributed by atoms with van der Waals surface area (Å²) < 4.78 is 5.18. The molecule has 6 heteroatoms. The van der Waals surface area contributed by atoms with Crippen LogP contribution in [0.4, 0.5) is 4.79 Å². The molecule has 1 N–H and O–H groups in total. The van der Waals surface area contributed by atoms with Crippen molar-refractivity contribution in [2.75, 3.05) is 7.05 Å². The molecular formula is C18H19N3O3. The second-order valence-electron chi connectivity index (χ2n) is 5.64. The van der Waals surface area contributed by atoms with Crippen molar-refractivity contribution in [1.82, 2.24) is 15.2 Å². The number of aromatic nitrogens is 1. The number of carbonyl (C=O) groups is 2. The third-order valence-electron chi connectivity index (χ3n) is 4.09. The molecule has 1 fully saturated rings. The Morgan fingerprint density at radius 1 is 1.33 bits per heavy atom. The minimum Gasteiger partial charge on any atom is -0.410 e. The van der Waals surface area contributed by atoms with Crippen molar-refractivity contribution in [3.8, 4) is 5.75 Å². The zero-order valence-corrected chi connectivity index (χ0v) is 13.4. The highest BCUT2D eigenvalue weighted by Crippen LogP contribution is 2.35. The Kier molecular flexibility index (Phi) is 4.74. The van der Waals surface area contributed by atoms with Gasteiger partial charge in [0.25, 0.3) is 0 Å². The Morgan fingerprint density at radius 3 is 2.88 bits per heavy atom. The van der Waals surface area contributed by atoms with Crippen molar-refractivity contribution in [2.24, 2.45) is 0 Å². The molecule has 1 aromatic heterocycles. The van der Waals surface area contributed by atoms with E-state index in [1.165, 1.54) is 7.05 Å². The average Bonchev–Trinajstić information content (AvgIpc) is 2.97. The first-order valence-corrected chi connectivity index (χ1v) is 7.85. The van der Waals surface area contributed by atoms with Gasteiger partial charge in [0.1, 0.15) is 5.75 Å². The van der Waals surface area contributed by atoms with E-state index in [2.05, 4.69) is 10.3 Å². The molecule has 1 atom stereocenters. The molecule has 0 radical (unpaired) electrons. The van der Waals surface area contributed by atoms with Gasteiger partial charge in [0.05, 0.1) is 6.04 Å². The summed E-state index contributed by atoms with van der Waals surface area (Å²) in [5, 5.41) is 2.42. The highest BCUT2D eigenvalue weighted by Gasteiger charge is 2.32. The molecule has 24 heavy (non-hydrogen) atoms. The first-order chi connectivity index (χ1) is 11.7. The van der Waals surface area contributed by atoms with Crippen LogP contribution in [0.2, 0.25) is 0 Å². The monoisotopic (exact) mass is 325 g/mol. The lowest BCUT2D eigenvalue weighted by molar-refractivity contribution is -0.129. The molecule has 1 aromatic carbocycles. The first kappa shape index (κ1) is 16.0. The van der Waals surface area contributed by atoms with Crippen LogP contribution in [0.3, 0.4) is 0 Å². The van der Waals surface area contributed by atoms with Crippen molar-refractivity contribution in [1.29, 1.82) is 0 Å². The zero-order chi connectivity index (χ0) is 16.9. The van der Waals surface area contributed by atoms with Crippen LogP contribution in [0, 0.1) is 0 Å². The molecule has 2 aromatic rings. The minimum absolute atomic E-state index is 0.0149. The van der Waals surface area contributed by atoms with Gasteiger partial charge in [0.2, 0.25) is 5.91 Å². The number of nitrogens with one attached hydrogen (secondary N) is 1. The normalized spacial score (nSPS) is 17.0. The number of benzene rings is 1. The smallest absolute Gasteiger partial charge is 0.410 e. The SMILES string of the molecule is CNC(=O)Oc1cccc(C2CCC(=O)N2Cc2ccncc2)c1. The summed E-state index contributed by atoms with van der Waals surface area (Å²) in [7, 11) is 1.51. The molecule has 6 nitrogen and oxygen atoms in total. The number of hydrogen-bond donors (Lipinski definition) is 1. The van der Waals surface area contributed by atoms with Crippen LogP contribution in [0.1, 0.15) is 30.0 Å². The van der Waals surface area contributed by atoms with E-state index in [9.17, 15) is 9.59 Å². The van der Waals surface area contributed by atoms with Crippen LogP contribution in [0.25, 0.3) is 0 Å².